The number of hydrogen-bond donors (Lipinski definition) is 0. The molecule has 5 fully saturated rings. The van der Waals surface area contributed by atoms with Crippen molar-refractivity contribution in [2.24, 2.45) is 47.3 Å². The van der Waals surface area contributed by atoms with E-state index in [1.54, 1.807) is 19.6 Å². The Labute approximate surface area is 549 Å². The first-order chi connectivity index (χ1) is 43.6. The van der Waals surface area contributed by atoms with Crippen molar-refractivity contribution in [3.05, 3.63) is 0 Å². The lowest BCUT2D eigenvalue weighted by Gasteiger charge is -2.18. The van der Waals surface area contributed by atoms with E-state index in [0.717, 1.165) is 122 Å². The Kier molecular flexibility index (Phi) is 46.2. The van der Waals surface area contributed by atoms with Gasteiger partial charge in [-0.1, -0.05) is 166 Å². The Morgan fingerprint density at radius 2 is 0.714 bits per heavy atom. The molecule has 5 aliphatic heterocycles. The standard InChI is InChI=1S/C18H33NO3.C15H27NO3.C14H25NO3.C13H23NO3.C11H19NO3/c1-3-5-7-8-9-11-13-22-18(21)16-14-17(20)19(15-16)12-10-6-4-2;1-4-7-8-12(5-2)11-19-15(18)13-9-14(17)16(6-3)10-13;1-4-5-8-18-14(17)12-9-13(16)15(10-12)7-6-11(2)3;1-4-5-6-17-13(16)11-7-12(15)14(9-11)8-10(2)3;1-3-4-5-6-12-8-9(7-10(12)13)11(14)15-2/h16H,3-15H2,1-2H3;12-13H,4-11H2,1-3H3;11-12H,4-10H2,1-3H3;10-11H,4-9H2,1-3H3;9H,3-8H2,1-2H3. The van der Waals surface area contributed by atoms with Gasteiger partial charge >= 0.3 is 29.8 Å². The Hall–Kier alpha value is -5.30. The van der Waals surface area contributed by atoms with E-state index in [1.807, 2.05) is 11.8 Å². The second-order valence-corrected chi connectivity index (χ2v) is 26.3. The predicted molar refractivity (Wildman–Crippen MR) is 355 cm³/mol. The third kappa shape index (κ3) is 35.5. The van der Waals surface area contributed by atoms with E-state index >= 15 is 0 Å². The first kappa shape index (κ1) is 83.7. The van der Waals surface area contributed by atoms with Crippen LogP contribution in [0.25, 0.3) is 0 Å². The molecule has 5 aliphatic rings. The molecule has 0 bridgehead atoms. The minimum Gasteiger partial charge on any atom is -0.469 e. The Balaban J connectivity index is 0.000000572. The Bertz CT molecular complexity index is 2110. The maximum atomic E-state index is 12.0. The highest BCUT2D eigenvalue weighted by molar-refractivity contribution is 5.89. The minimum atomic E-state index is -0.263. The average Bonchev–Trinajstić information content (AvgIpc) is 4.26. The van der Waals surface area contributed by atoms with Crippen molar-refractivity contribution in [2.75, 3.05) is 99.0 Å². The maximum absolute atomic E-state index is 12.0. The summed E-state index contributed by atoms with van der Waals surface area (Å²) in [6.45, 7) is 33.6. The van der Waals surface area contributed by atoms with Gasteiger partial charge in [-0.25, -0.2) is 0 Å². The summed E-state index contributed by atoms with van der Waals surface area (Å²) < 4.78 is 25.7. The fraction of sp³-hybridized carbons (Fsp3) is 0.859. The molecule has 20 nitrogen and oxygen atoms in total. The molecule has 6 atom stereocenters. The first-order valence-electron chi connectivity index (χ1n) is 35.7. The SMILES string of the molecule is CCCCC(CC)COC(=O)C1CC(=O)N(CC)C1.CCCCCCCCOC(=O)C1CC(=O)N(CCCCC)C1.CCCCCN1CC(C(=O)OC)CC1=O.CCCCOC(=O)C1CC(=O)N(CC(C)C)C1.CCCCOC(=O)C1CC(=O)N(CCC(C)C)C1. The second-order valence-electron chi connectivity index (χ2n) is 26.3. The van der Waals surface area contributed by atoms with Gasteiger partial charge in [-0.3, -0.25) is 47.9 Å². The summed E-state index contributed by atoms with van der Waals surface area (Å²) >= 11 is 0. The zero-order valence-electron chi connectivity index (χ0n) is 59.3. The van der Waals surface area contributed by atoms with E-state index in [1.165, 1.54) is 45.6 Å². The van der Waals surface area contributed by atoms with Crippen molar-refractivity contribution in [1.29, 1.82) is 0 Å². The van der Waals surface area contributed by atoms with Crippen LogP contribution in [0.4, 0.5) is 0 Å². The zero-order chi connectivity index (χ0) is 68.1. The fourth-order valence-electron chi connectivity index (χ4n) is 11.2. The van der Waals surface area contributed by atoms with Crippen LogP contribution in [-0.4, -0.2) is 183 Å². The van der Waals surface area contributed by atoms with Gasteiger partial charge in [0, 0.05) is 97.6 Å². The van der Waals surface area contributed by atoms with Crippen molar-refractivity contribution in [3.8, 4) is 0 Å². The van der Waals surface area contributed by atoms with E-state index in [2.05, 4.69) is 80.9 Å². The van der Waals surface area contributed by atoms with Crippen LogP contribution in [0.5, 0.6) is 0 Å². The number of hydrogen-bond acceptors (Lipinski definition) is 15. The third-order valence-corrected chi connectivity index (χ3v) is 17.2. The van der Waals surface area contributed by atoms with Gasteiger partial charge in [-0.2, -0.15) is 0 Å². The second kappa shape index (κ2) is 50.2. The van der Waals surface area contributed by atoms with Crippen LogP contribution in [0.15, 0.2) is 0 Å². The van der Waals surface area contributed by atoms with Gasteiger partial charge in [0.25, 0.3) is 0 Å². The van der Waals surface area contributed by atoms with Crippen molar-refractivity contribution in [1.82, 2.24) is 24.5 Å². The molecule has 0 aromatic heterocycles. The highest BCUT2D eigenvalue weighted by Gasteiger charge is 2.39. The molecule has 0 N–H and O–H groups in total. The van der Waals surface area contributed by atoms with Crippen LogP contribution >= 0.6 is 0 Å². The summed E-state index contributed by atoms with van der Waals surface area (Å²) in [6.07, 6.45) is 24.6. The molecule has 5 heterocycles. The first-order valence-corrected chi connectivity index (χ1v) is 35.7. The largest absolute Gasteiger partial charge is 0.469 e. The summed E-state index contributed by atoms with van der Waals surface area (Å²) in [6, 6.07) is 0. The van der Waals surface area contributed by atoms with Crippen molar-refractivity contribution in [2.45, 2.75) is 250 Å². The molecule has 0 radical (unpaired) electrons. The maximum Gasteiger partial charge on any atom is 0.311 e. The van der Waals surface area contributed by atoms with Crippen LogP contribution in [0.3, 0.4) is 0 Å². The molecule has 5 rings (SSSR count). The highest BCUT2D eigenvalue weighted by atomic mass is 16.5. The summed E-state index contributed by atoms with van der Waals surface area (Å²) in [5.41, 5.74) is 0. The smallest absolute Gasteiger partial charge is 0.311 e. The van der Waals surface area contributed by atoms with Crippen molar-refractivity contribution in [3.63, 3.8) is 0 Å². The minimum absolute atomic E-state index is 0.0717. The number of unbranched alkanes of at least 4 members (excludes halogenated alkanes) is 12. The lowest BCUT2D eigenvalue weighted by atomic mass is 10.0. The van der Waals surface area contributed by atoms with Gasteiger partial charge in [0.2, 0.25) is 29.5 Å². The lowest BCUT2D eigenvalue weighted by molar-refractivity contribution is -0.150. The number of carbonyl (C=O) groups excluding carboxylic acids is 10. The number of esters is 5. The summed E-state index contributed by atoms with van der Waals surface area (Å²) in [4.78, 5) is 126. The number of carbonyl (C=O) groups is 10. The molecule has 5 amide bonds. The summed E-state index contributed by atoms with van der Waals surface area (Å²) in [5.74, 6) is -0.382. The van der Waals surface area contributed by atoms with E-state index < -0.39 is 0 Å². The van der Waals surface area contributed by atoms with E-state index in [9.17, 15) is 47.9 Å². The number of rotatable bonds is 38. The van der Waals surface area contributed by atoms with Gasteiger partial charge in [-0.15, -0.1) is 0 Å². The molecule has 91 heavy (non-hydrogen) atoms. The topological polar surface area (TPSA) is 233 Å². The van der Waals surface area contributed by atoms with Crippen LogP contribution in [0.2, 0.25) is 0 Å². The summed E-state index contributed by atoms with van der Waals surface area (Å²) in [5, 5.41) is 0. The molecule has 6 unspecified atom stereocenters. The zero-order valence-corrected chi connectivity index (χ0v) is 59.3. The molecule has 0 aliphatic carbocycles. The molecule has 0 aromatic carbocycles. The van der Waals surface area contributed by atoms with Gasteiger partial charge in [0.05, 0.1) is 63.1 Å². The Morgan fingerprint density at radius 3 is 1.10 bits per heavy atom. The monoisotopic (exact) mass is 1290 g/mol. The predicted octanol–water partition coefficient (Wildman–Crippen LogP) is 11.8. The van der Waals surface area contributed by atoms with Crippen molar-refractivity contribution < 1.29 is 71.6 Å². The van der Waals surface area contributed by atoms with Gasteiger partial charge in [0.1, 0.15) is 0 Å². The number of amides is 5. The normalized spacial score (nSPS) is 19.7. The Morgan fingerprint density at radius 1 is 0.374 bits per heavy atom. The molecule has 20 heteroatoms. The van der Waals surface area contributed by atoms with Crippen LogP contribution in [-0.2, 0) is 71.6 Å². The van der Waals surface area contributed by atoms with Gasteiger partial charge < -0.3 is 48.2 Å². The number of methoxy groups -OCH3 is 1. The molecule has 0 aromatic rings. The van der Waals surface area contributed by atoms with E-state index in [0.29, 0.717) is 116 Å². The van der Waals surface area contributed by atoms with E-state index in [-0.39, 0.29) is 89.0 Å². The number of ether oxygens (including phenoxy) is 5. The van der Waals surface area contributed by atoms with Gasteiger partial charge in [-0.05, 0) is 69.6 Å². The molecular weight excluding hydrogens is 1160 g/mol. The summed E-state index contributed by atoms with van der Waals surface area (Å²) in [7, 11) is 1.37. The lowest BCUT2D eigenvalue weighted by Crippen LogP contribution is -2.30. The molecular formula is C71H127N5O15. The average molecular weight is 1290 g/mol. The van der Waals surface area contributed by atoms with Crippen LogP contribution in [0, 0.1) is 47.3 Å². The molecule has 526 valence electrons. The molecule has 5 saturated heterocycles. The third-order valence-electron chi connectivity index (χ3n) is 17.2. The van der Waals surface area contributed by atoms with Crippen molar-refractivity contribution >= 4 is 59.4 Å². The van der Waals surface area contributed by atoms with Crippen LogP contribution < -0.4 is 0 Å². The molecule has 0 spiro atoms. The highest BCUT2D eigenvalue weighted by Crippen LogP contribution is 2.25. The quantitative estimate of drug-likeness (QED) is 0.0318. The number of likely N-dealkylation sites (tertiary alicyclic amines) is 5. The fourth-order valence-corrected chi connectivity index (χ4v) is 11.2. The van der Waals surface area contributed by atoms with Gasteiger partial charge in [0.15, 0.2) is 0 Å². The van der Waals surface area contributed by atoms with Crippen LogP contribution in [0.1, 0.15) is 250 Å². The van der Waals surface area contributed by atoms with E-state index in [4.69, 9.17) is 18.9 Å². The molecule has 0 saturated carbocycles. The number of nitrogens with zero attached hydrogens (tertiary/aromatic N) is 5.